The number of carboxylic acids is 1. The lowest BCUT2D eigenvalue weighted by molar-refractivity contribution is -0.137. The third-order valence-corrected chi connectivity index (χ3v) is 7.92. The average molecular weight is 505 g/mol. The minimum atomic E-state index is -0.729. The second kappa shape index (κ2) is 13.0. The van der Waals surface area contributed by atoms with Crippen molar-refractivity contribution in [1.29, 1.82) is 0 Å². The Labute approximate surface area is 220 Å². The average Bonchev–Trinajstić information content (AvgIpc) is 2.91. The molecule has 0 saturated carbocycles. The Hall–Kier alpha value is -2.96. The Kier molecular flexibility index (Phi) is 9.53. The number of aliphatic carboxylic acids is 1. The molecule has 0 amide bonds. The number of ether oxygens (including phenoxy) is 1. The number of fused-ring (bicyclic) bond motifs is 1. The maximum atomic E-state index is 11.3. The highest BCUT2D eigenvalue weighted by atomic mass is 16.5. The van der Waals surface area contributed by atoms with E-state index >= 15 is 0 Å². The van der Waals surface area contributed by atoms with Gasteiger partial charge in [-0.05, 0) is 106 Å². The van der Waals surface area contributed by atoms with E-state index in [1.165, 1.54) is 11.1 Å². The number of aryl methyl sites for hydroxylation is 2. The van der Waals surface area contributed by atoms with Gasteiger partial charge in [0.25, 0.3) is 0 Å². The molecule has 37 heavy (non-hydrogen) atoms. The van der Waals surface area contributed by atoms with Gasteiger partial charge in [0.05, 0.1) is 18.7 Å². The van der Waals surface area contributed by atoms with Crippen LogP contribution in [0.15, 0.2) is 54.7 Å². The summed E-state index contributed by atoms with van der Waals surface area (Å²) in [6.07, 6.45) is 6.81. The van der Waals surface area contributed by atoms with Crippen molar-refractivity contribution in [2.45, 2.75) is 58.0 Å². The lowest BCUT2D eigenvalue weighted by atomic mass is 9.79. The summed E-state index contributed by atoms with van der Waals surface area (Å²) in [5, 5.41) is 21.4. The third-order valence-electron chi connectivity index (χ3n) is 7.92. The number of rotatable bonds is 12. The molecule has 1 saturated heterocycles. The summed E-state index contributed by atoms with van der Waals surface area (Å²) in [6.45, 7) is 5.13. The Bertz CT molecular complexity index is 1160. The molecule has 1 aliphatic heterocycles. The van der Waals surface area contributed by atoms with Crippen LogP contribution >= 0.6 is 0 Å². The van der Waals surface area contributed by atoms with E-state index in [1.807, 2.05) is 24.3 Å². The monoisotopic (exact) mass is 504 g/mol. The second-order valence-corrected chi connectivity index (χ2v) is 10.5. The molecular formula is C31H40N2O4. The molecular weight excluding hydrogens is 464 g/mol. The summed E-state index contributed by atoms with van der Waals surface area (Å²) < 4.78 is 5.38. The van der Waals surface area contributed by atoms with Gasteiger partial charge in [-0.25, -0.2) is 0 Å². The molecule has 2 N–H and O–H groups in total. The second-order valence-electron chi connectivity index (χ2n) is 10.5. The molecule has 0 aliphatic carbocycles. The number of hydrogen-bond acceptors (Lipinski definition) is 5. The van der Waals surface area contributed by atoms with Gasteiger partial charge in [-0.1, -0.05) is 29.8 Å². The standard InChI is InChI=1S/C31H40N2O4/c1-22-5-7-23(8-6-22)4-3-18-33-19-16-24(25(21-33)10-14-31(35)36)9-13-30(34)27-15-17-32-29-12-11-26(37-2)20-28(27)29/h5-8,11-12,15,17,20,24-25,30,34H,3-4,9-10,13-14,16,18-19,21H2,1-2H3,(H,35,36)/t24-,25+,30?/m1/s1. The summed E-state index contributed by atoms with van der Waals surface area (Å²) in [5.41, 5.74) is 4.38. The highest BCUT2D eigenvalue weighted by Crippen LogP contribution is 2.35. The summed E-state index contributed by atoms with van der Waals surface area (Å²) in [5.74, 6) is 0.778. The number of likely N-dealkylation sites (tertiary alicyclic amines) is 1. The van der Waals surface area contributed by atoms with Crippen molar-refractivity contribution < 1.29 is 19.7 Å². The number of pyridine rings is 1. The van der Waals surface area contributed by atoms with Gasteiger partial charge in [-0.2, -0.15) is 0 Å². The minimum absolute atomic E-state index is 0.204. The highest BCUT2D eigenvalue weighted by Gasteiger charge is 2.30. The van der Waals surface area contributed by atoms with Crippen molar-refractivity contribution in [3.8, 4) is 5.75 Å². The van der Waals surface area contributed by atoms with Crippen LogP contribution in [0.3, 0.4) is 0 Å². The van der Waals surface area contributed by atoms with Gasteiger partial charge in [0.1, 0.15) is 5.75 Å². The van der Waals surface area contributed by atoms with Crippen LogP contribution in [0.4, 0.5) is 0 Å². The van der Waals surface area contributed by atoms with E-state index in [2.05, 4.69) is 41.1 Å². The van der Waals surface area contributed by atoms with E-state index in [1.54, 1.807) is 13.3 Å². The first-order valence-electron chi connectivity index (χ1n) is 13.5. The Morgan fingerprint density at radius 2 is 1.95 bits per heavy atom. The topological polar surface area (TPSA) is 82.9 Å². The lowest BCUT2D eigenvalue weighted by Gasteiger charge is -2.39. The fraction of sp³-hybridized carbons (Fsp3) is 0.484. The van der Waals surface area contributed by atoms with Gasteiger partial charge in [0.15, 0.2) is 0 Å². The Morgan fingerprint density at radius 1 is 1.14 bits per heavy atom. The lowest BCUT2D eigenvalue weighted by Crippen LogP contribution is -2.41. The zero-order chi connectivity index (χ0) is 26.2. The van der Waals surface area contributed by atoms with E-state index in [0.29, 0.717) is 24.7 Å². The number of aliphatic hydroxyl groups is 1. The smallest absolute Gasteiger partial charge is 0.303 e. The van der Waals surface area contributed by atoms with Crippen molar-refractivity contribution >= 4 is 16.9 Å². The molecule has 1 aliphatic rings. The Balaban J connectivity index is 1.34. The number of aliphatic hydroxyl groups excluding tert-OH is 1. The van der Waals surface area contributed by atoms with Crippen LogP contribution in [0.5, 0.6) is 5.75 Å². The van der Waals surface area contributed by atoms with Crippen LogP contribution in [0.2, 0.25) is 0 Å². The molecule has 3 aromatic rings. The Morgan fingerprint density at radius 3 is 2.70 bits per heavy atom. The van der Waals surface area contributed by atoms with Crippen LogP contribution in [0.25, 0.3) is 10.9 Å². The van der Waals surface area contributed by atoms with Gasteiger partial charge in [0.2, 0.25) is 0 Å². The number of piperidine rings is 1. The molecule has 3 atom stereocenters. The van der Waals surface area contributed by atoms with Gasteiger partial charge in [0, 0.05) is 24.5 Å². The van der Waals surface area contributed by atoms with Crippen molar-refractivity contribution in [2.24, 2.45) is 11.8 Å². The first-order chi connectivity index (χ1) is 17.9. The summed E-state index contributed by atoms with van der Waals surface area (Å²) in [6, 6.07) is 16.4. The molecule has 1 fully saturated rings. The molecule has 0 spiro atoms. The van der Waals surface area contributed by atoms with Crippen LogP contribution in [-0.2, 0) is 11.2 Å². The van der Waals surface area contributed by atoms with Crippen LogP contribution in [-0.4, -0.2) is 52.8 Å². The van der Waals surface area contributed by atoms with E-state index in [9.17, 15) is 15.0 Å². The van der Waals surface area contributed by atoms with Crippen molar-refractivity contribution in [3.05, 3.63) is 71.4 Å². The molecule has 2 heterocycles. The highest BCUT2D eigenvalue weighted by molar-refractivity contribution is 5.83. The van der Waals surface area contributed by atoms with Gasteiger partial charge in [-0.15, -0.1) is 0 Å². The number of methoxy groups -OCH3 is 1. The van der Waals surface area contributed by atoms with E-state index in [4.69, 9.17) is 4.74 Å². The largest absolute Gasteiger partial charge is 0.497 e. The molecule has 0 bridgehead atoms. The summed E-state index contributed by atoms with van der Waals surface area (Å²) in [7, 11) is 1.64. The van der Waals surface area contributed by atoms with Crippen molar-refractivity contribution in [2.75, 3.05) is 26.7 Å². The molecule has 2 aromatic carbocycles. The quantitative estimate of drug-likeness (QED) is 0.324. The third kappa shape index (κ3) is 7.53. The SMILES string of the molecule is COc1ccc2nccc(C(O)CC[C@@H]3CCN(CCCc4ccc(C)cc4)C[C@@H]3CCC(=O)O)c2c1. The molecule has 4 rings (SSSR count). The fourth-order valence-electron chi connectivity index (χ4n) is 5.73. The van der Waals surface area contributed by atoms with E-state index in [0.717, 1.165) is 67.5 Å². The number of carboxylic acid groups (broad SMARTS) is 1. The summed E-state index contributed by atoms with van der Waals surface area (Å²) >= 11 is 0. The van der Waals surface area contributed by atoms with E-state index < -0.39 is 12.1 Å². The number of hydrogen-bond donors (Lipinski definition) is 2. The fourth-order valence-corrected chi connectivity index (χ4v) is 5.73. The molecule has 1 unspecified atom stereocenters. The molecule has 1 aromatic heterocycles. The van der Waals surface area contributed by atoms with Crippen LogP contribution < -0.4 is 4.74 Å². The van der Waals surface area contributed by atoms with E-state index in [-0.39, 0.29) is 6.42 Å². The number of nitrogens with zero attached hydrogens (tertiary/aromatic N) is 2. The normalized spacial score (nSPS) is 19.1. The molecule has 6 heteroatoms. The first kappa shape index (κ1) is 27.1. The van der Waals surface area contributed by atoms with Crippen molar-refractivity contribution in [1.82, 2.24) is 9.88 Å². The molecule has 198 valence electrons. The number of benzene rings is 2. The summed E-state index contributed by atoms with van der Waals surface area (Å²) in [4.78, 5) is 18.3. The number of carbonyl (C=O) groups is 1. The first-order valence-corrected chi connectivity index (χ1v) is 13.5. The van der Waals surface area contributed by atoms with Crippen molar-refractivity contribution in [3.63, 3.8) is 0 Å². The predicted molar refractivity (Wildman–Crippen MR) is 147 cm³/mol. The molecule has 0 radical (unpaired) electrons. The zero-order valence-corrected chi connectivity index (χ0v) is 22.1. The van der Waals surface area contributed by atoms with Gasteiger partial charge in [-0.3, -0.25) is 9.78 Å². The van der Waals surface area contributed by atoms with Crippen LogP contribution in [0.1, 0.15) is 61.3 Å². The van der Waals surface area contributed by atoms with Crippen LogP contribution in [0, 0.1) is 18.8 Å². The van der Waals surface area contributed by atoms with Gasteiger partial charge < -0.3 is 19.8 Å². The zero-order valence-electron chi connectivity index (χ0n) is 22.1. The predicted octanol–water partition coefficient (Wildman–Crippen LogP) is 5.80. The minimum Gasteiger partial charge on any atom is -0.497 e. The van der Waals surface area contributed by atoms with Gasteiger partial charge >= 0.3 is 5.97 Å². The molecule has 6 nitrogen and oxygen atoms in total. The maximum Gasteiger partial charge on any atom is 0.303 e. The number of aromatic nitrogens is 1. The maximum absolute atomic E-state index is 11.3.